The van der Waals surface area contributed by atoms with E-state index in [1.54, 1.807) is 6.92 Å². The lowest BCUT2D eigenvalue weighted by atomic mass is 9.87. The summed E-state index contributed by atoms with van der Waals surface area (Å²) in [4.78, 5) is 38.2. The van der Waals surface area contributed by atoms with Crippen LogP contribution in [0.4, 0.5) is 9.18 Å². The number of nitrogens with one attached hydrogen (secondary N) is 2. The van der Waals surface area contributed by atoms with Crippen molar-refractivity contribution >= 4 is 27.7 Å². The first kappa shape index (κ1) is 19.3. The molecule has 2 aliphatic rings. The van der Waals surface area contributed by atoms with Crippen LogP contribution in [0.5, 0.6) is 0 Å². The third kappa shape index (κ3) is 3.66. The molecule has 1 aromatic rings. The van der Waals surface area contributed by atoms with Gasteiger partial charge in [-0.15, -0.1) is 0 Å². The molecule has 8 nitrogen and oxygen atoms in total. The summed E-state index contributed by atoms with van der Waals surface area (Å²) in [7, 11) is -3.16. The Bertz CT molecular complexity index is 886. The first-order valence-electron chi connectivity index (χ1n) is 8.57. The van der Waals surface area contributed by atoms with E-state index in [1.165, 1.54) is 24.3 Å². The highest BCUT2D eigenvalue weighted by atomic mass is 32.2. The number of hydrogen-bond acceptors (Lipinski definition) is 5. The van der Waals surface area contributed by atoms with Gasteiger partial charge in [-0.05, 0) is 30.5 Å². The van der Waals surface area contributed by atoms with Gasteiger partial charge < -0.3 is 10.6 Å². The van der Waals surface area contributed by atoms with Crippen LogP contribution in [0.2, 0.25) is 0 Å². The van der Waals surface area contributed by atoms with Crippen LogP contribution in [-0.2, 0) is 25.0 Å². The smallest absolute Gasteiger partial charge is 0.325 e. The van der Waals surface area contributed by atoms with Gasteiger partial charge in [0, 0.05) is 6.04 Å². The molecule has 0 radical (unpaired) electrons. The summed E-state index contributed by atoms with van der Waals surface area (Å²) >= 11 is 0. The Morgan fingerprint density at radius 2 is 2.00 bits per heavy atom. The average Bonchev–Trinajstić information content (AvgIpc) is 3.07. The molecule has 0 unspecified atom stereocenters. The Hall–Kier alpha value is -2.49. The van der Waals surface area contributed by atoms with Crippen molar-refractivity contribution in [3.05, 3.63) is 35.6 Å². The quantitative estimate of drug-likeness (QED) is 0.694. The Kier molecular flexibility index (Phi) is 4.94. The first-order chi connectivity index (χ1) is 12.7. The summed E-state index contributed by atoms with van der Waals surface area (Å²) in [6.45, 7) is 1.19. The minimum absolute atomic E-state index is 0.00455. The fourth-order valence-corrected chi connectivity index (χ4v) is 5.14. The van der Waals surface area contributed by atoms with Crippen molar-refractivity contribution in [3.63, 3.8) is 0 Å². The van der Waals surface area contributed by atoms with Gasteiger partial charge in [0.15, 0.2) is 9.84 Å². The molecule has 2 fully saturated rings. The van der Waals surface area contributed by atoms with Gasteiger partial charge in [-0.25, -0.2) is 17.6 Å². The van der Waals surface area contributed by atoms with Crippen LogP contribution in [0, 0.1) is 5.82 Å². The second-order valence-electron chi connectivity index (χ2n) is 6.75. The molecule has 3 rings (SSSR count). The second kappa shape index (κ2) is 6.91. The van der Waals surface area contributed by atoms with Crippen LogP contribution in [0.1, 0.15) is 25.3 Å². The minimum atomic E-state index is -3.16. The van der Waals surface area contributed by atoms with Crippen LogP contribution in [0.3, 0.4) is 0 Å². The lowest BCUT2D eigenvalue weighted by Gasteiger charge is -2.25. The third-order valence-corrected chi connectivity index (χ3v) is 6.71. The van der Waals surface area contributed by atoms with Crippen molar-refractivity contribution in [3.8, 4) is 0 Å². The number of carbonyl (C=O) groups excluding carboxylic acids is 3. The summed E-state index contributed by atoms with van der Waals surface area (Å²) < 4.78 is 36.1. The molecule has 0 bridgehead atoms. The molecule has 0 spiro atoms. The lowest BCUT2D eigenvalue weighted by Crippen LogP contribution is -2.46. The fourth-order valence-electron chi connectivity index (χ4n) is 3.47. The third-order valence-electron chi connectivity index (χ3n) is 4.94. The van der Waals surface area contributed by atoms with Crippen LogP contribution in [0.25, 0.3) is 0 Å². The first-order valence-corrected chi connectivity index (χ1v) is 10.4. The van der Waals surface area contributed by atoms with Gasteiger partial charge >= 0.3 is 6.03 Å². The molecule has 2 saturated heterocycles. The summed E-state index contributed by atoms with van der Waals surface area (Å²) in [6, 6.07) is 4.00. The lowest BCUT2D eigenvalue weighted by molar-refractivity contribution is -0.135. The van der Waals surface area contributed by atoms with Gasteiger partial charge in [-0.2, -0.15) is 0 Å². The molecule has 2 atom stereocenters. The predicted octanol–water partition coefficient (Wildman–Crippen LogP) is 0.286. The molecule has 0 aliphatic carbocycles. The minimum Gasteiger partial charge on any atom is -0.351 e. The normalized spacial score (nSPS) is 26.9. The van der Waals surface area contributed by atoms with Crippen LogP contribution < -0.4 is 10.6 Å². The van der Waals surface area contributed by atoms with Crippen molar-refractivity contribution in [1.29, 1.82) is 0 Å². The molecular weight excluding hydrogens is 377 g/mol. The molecule has 4 amide bonds. The number of halogens is 1. The van der Waals surface area contributed by atoms with E-state index in [0.29, 0.717) is 12.0 Å². The summed E-state index contributed by atoms with van der Waals surface area (Å²) in [5, 5.41) is 5.16. The Balaban J connectivity index is 1.73. The van der Waals surface area contributed by atoms with Gasteiger partial charge in [0.2, 0.25) is 5.91 Å². The van der Waals surface area contributed by atoms with E-state index in [0.717, 1.165) is 4.90 Å². The largest absolute Gasteiger partial charge is 0.351 e. The number of imide groups is 1. The fraction of sp³-hybridized carbons (Fsp3) is 0.471. The highest BCUT2D eigenvalue weighted by Gasteiger charge is 2.51. The van der Waals surface area contributed by atoms with E-state index in [2.05, 4.69) is 10.6 Å². The van der Waals surface area contributed by atoms with Gasteiger partial charge in [0.05, 0.1) is 11.5 Å². The second-order valence-corrected chi connectivity index (χ2v) is 8.98. The van der Waals surface area contributed by atoms with E-state index in [-0.39, 0.29) is 17.9 Å². The number of benzene rings is 1. The molecule has 146 valence electrons. The highest BCUT2D eigenvalue weighted by molar-refractivity contribution is 7.91. The monoisotopic (exact) mass is 397 g/mol. The molecule has 10 heteroatoms. The number of nitrogens with zero attached hydrogens (tertiary/aromatic N) is 1. The summed E-state index contributed by atoms with van der Waals surface area (Å²) in [5.74, 6) is -1.82. The molecule has 1 aromatic carbocycles. The van der Waals surface area contributed by atoms with Crippen molar-refractivity contribution in [2.75, 3.05) is 18.1 Å². The highest BCUT2D eigenvalue weighted by Crippen LogP contribution is 2.32. The van der Waals surface area contributed by atoms with Crippen LogP contribution in [0.15, 0.2) is 24.3 Å². The van der Waals surface area contributed by atoms with Gasteiger partial charge in [0.1, 0.15) is 17.9 Å². The maximum absolute atomic E-state index is 13.2. The van der Waals surface area contributed by atoms with Crippen molar-refractivity contribution in [2.45, 2.75) is 31.3 Å². The zero-order valence-electron chi connectivity index (χ0n) is 14.7. The van der Waals surface area contributed by atoms with Gasteiger partial charge in [0.25, 0.3) is 5.91 Å². The van der Waals surface area contributed by atoms with E-state index >= 15 is 0 Å². The molecule has 2 heterocycles. The van der Waals surface area contributed by atoms with Crippen molar-refractivity contribution in [1.82, 2.24) is 15.5 Å². The SMILES string of the molecule is CC[C@@]1(c2ccc(F)cc2)NC(=O)N(CC(=O)N[C@@H]2CCS(=O)(=O)C2)C1=O. The number of sulfone groups is 1. The molecular formula is C17H20FN3O5S. The number of amides is 4. The molecule has 0 aromatic heterocycles. The molecule has 2 aliphatic heterocycles. The zero-order chi connectivity index (χ0) is 19.8. The number of urea groups is 1. The number of rotatable bonds is 5. The Labute approximate surface area is 156 Å². The van der Waals surface area contributed by atoms with E-state index < -0.39 is 51.6 Å². The molecule has 2 N–H and O–H groups in total. The standard InChI is InChI=1S/C17H20FN3O5S/c1-2-17(11-3-5-12(18)6-4-11)15(23)21(16(24)20-17)9-14(22)19-13-7-8-27(25,26)10-13/h3-6,13H,2,7-10H2,1H3,(H,19,22)(H,20,24)/t13-,17+/m1/s1. The Morgan fingerprint density at radius 1 is 1.33 bits per heavy atom. The molecule has 27 heavy (non-hydrogen) atoms. The zero-order valence-corrected chi connectivity index (χ0v) is 15.5. The van der Waals surface area contributed by atoms with E-state index in [4.69, 9.17) is 0 Å². The summed E-state index contributed by atoms with van der Waals surface area (Å²) in [5.41, 5.74) is -0.934. The van der Waals surface area contributed by atoms with Crippen molar-refractivity contribution < 1.29 is 27.2 Å². The number of carbonyl (C=O) groups is 3. The Morgan fingerprint density at radius 3 is 2.56 bits per heavy atom. The average molecular weight is 397 g/mol. The van der Waals surface area contributed by atoms with Crippen LogP contribution >= 0.6 is 0 Å². The van der Waals surface area contributed by atoms with Crippen molar-refractivity contribution in [2.24, 2.45) is 0 Å². The van der Waals surface area contributed by atoms with E-state index in [9.17, 15) is 27.2 Å². The number of hydrogen-bond donors (Lipinski definition) is 2. The topological polar surface area (TPSA) is 113 Å². The van der Waals surface area contributed by atoms with E-state index in [1.807, 2.05) is 0 Å². The van der Waals surface area contributed by atoms with Gasteiger partial charge in [-0.3, -0.25) is 14.5 Å². The van der Waals surface area contributed by atoms with Gasteiger partial charge in [-0.1, -0.05) is 19.1 Å². The summed E-state index contributed by atoms with van der Waals surface area (Å²) in [6.07, 6.45) is 0.533. The van der Waals surface area contributed by atoms with Crippen LogP contribution in [-0.4, -0.2) is 55.3 Å². The maximum Gasteiger partial charge on any atom is 0.325 e. The predicted molar refractivity (Wildman–Crippen MR) is 93.8 cm³/mol. The maximum atomic E-state index is 13.2. The molecule has 0 saturated carbocycles.